The van der Waals surface area contributed by atoms with Crippen molar-refractivity contribution in [3.05, 3.63) is 46.9 Å². The molecule has 0 fully saturated rings. The molecule has 0 aliphatic heterocycles. The van der Waals surface area contributed by atoms with Crippen LogP contribution in [0.15, 0.2) is 35.7 Å². The standard InChI is InChI=1S/C19H26ClNO2S/c1-2-3-4-5-6-7-12-21-18(22)11-13-24-19(23)17-10-8-9-16(14-17)15-20/h8-11,13-14H,2-7,12,15H2,1H3,(H,21,22)/b13-11-. The van der Waals surface area contributed by atoms with Gasteiger partial charge in [0.15, 0.2) is 0 Å². The van der Waals surface area contributed by atoms with E-state index in [1.807, 2.05) is 12.1 Å². The van der Waals surface area contributed by atoms with Gasteiger partial charge >= 0.3 is 0 Å². The van der Waals surface area contributed by atoms with Gasteiger partial charge in [0, 0.05) is 24.1 Å². The number of benzene rings is 1. The minimum atomic E-state index is -0.154. The molecule has 1 N–H and O–H groups in total. The first-order valence-corrected chi connectivity index (χ1v) is 9.89. The average Bonchev–Trinajstić information content (AvgIpc) is 2.61. The molecule has 0 aromatic heterocycles. The van der Waals surface area contributed by atoms with Crippen LogP contribution < -0.4 is 5.32 Å². The van der Waals surface area contributed by atoms with Crippen molar-refractivity contribution >= 4 is 34.4 Å². The zero-order valence-corrected chi connectivity index (χ0v) is 15.8. The zero-order chi connectivity index (χ0) is 17.6. The zero-order valence-electron chi connectivity index (χ0n) is 14.2. The molecule has 0 spiro atoms. The predicted octanol–water partition coefficient (Wildman–Crippen LogP) is 5.29. The number of carbonyl (C=O) groups is 2. The van der Waals surface area contributed by atoms with E-state index in [0.717, 1.165) is 30.2 Å². The summed E-state index contributed by atoms with van der Waals surface area (Å²) in [6.07, 6.45) is 8.58. The second-order valence-electron chi connectivity index (χ2n) is 5.60. The van der Waals surface area contributed by atoms with E-state index in [4.69, 9.17) is 11.6 Å². The van der Waals surface area contributed by atoms with E-state index in [1.165, 1.54) is 37.2 Å². The van der Waals surface area contributed by atoms with Crippen molar-refractivity contribution in [3.63, 3.8) is 0 Å². The number of rotatable bonds is 11. The number of hydrogen-bond donors (Lipinski definition) is 1. The highest BCUT2D eigenvalue weighted by molar-refractivity contribution is 8.16. The Morgan fingerprint density at radius 3 is 2.67 bits per heavy atom. The number of unbranched alkanes of at least 4 members (excludes halogenated alkanes) is 5. The van der Waals surface area contributed by atoms with E-state index in [-0.39, 0.29) is 11.0 Å². The smallest absolute Gasteiger partial charge is 0.244 e. The summed E-state index contributed by atoms with van der Waals surface area (Å²) >= 11 is 6.77. The minimum absolute atomic E-state index is 0.0954. The van der Waals surface area contributed by atoms with Gasteiger partial charge in [-0.15, -0.1) is 11.6 Å². The fraction of sp³-hybridized carbons (Fsp3) is 0.474. The Morgan fingerprint density at radius 1 is 1.17 bits per heavy atom. The molecular weight excluding hydrogens is 342 g/mol. The summed E-state index contributed by atoms with van der Waals surface area (Å²) in [5.41, 5.74) is 1.50. The molecule has 132 valence electrons. The second kappa shape index (κ2) is 13.1. The Bertz CT molecular complexity index is 546. The monoisotopic (exact) mass is 367 g/mol. The molecule has 0 aliphatic carbocycles. The Morgan fingerprint density at radius 2 is 1.92 bits per heavy atom. The molecule has 0 saturated heterocycles. The fourth-order valence-corrected chi connectivity index (χ4v) is 2.93. The molecule has 3 nitrogen and oxygen atoms in total. The topological polar surface area (TPSA) is 46.2 Å². The van der Waals surface area contributed by atoms with Gasteiger partial charge < -0.3 is 5.32 Å². The lowest BCUT2D eigenvalue weighted by Crippen LogP contribution is -2.21. The molecule has 0 unspecified atom stereocenters. The van der Waals surface area contributed by atoms with Gasteiger partial charge in [0.05, 0.1) is 0 Å². The van der Waals surface area contributed by atoms with Crippen molar-refractivity contribution in [1.29, 1.82) is 0 Å². The molecule has 0 bridgehead atoms. The van der Waals surface area contributed by atoms with Crippen LogP contribution in [-0.4, -0.2) is 17.6 Å². The van der Waals surface area contributed by atoms with E-state index in [1.54, 1.807) is 12.1 Å². The van der Waals surface area contributed by atoms with Crippen LogP contribution in [0.25, 0.3) is 0 Å². The summed E-state index contributed by atoms with van der Waals surface area (Å²) in [6.45, 7) is 2.88. The van der Waals surface area contributed by atoms with Crippen molar-refractivity contribution in [1.82, 2.24) is 5.32 Å². The molecule has 5 heteroatoms. The van der Waals surface area contributed by atoms with Gasteiger partial charge in [0.1, 0.15) is 0 Å². The second-order valence-corrected chi connectivity index (χ2v) is 6.75. The van der Waals surface area contributed by atoms with Crippen LogP contribution in [0.1, 0.15) is 61.4 Å². The highest BCUT2D eigenvalue weighted by Crippen LogP contribution is 2.16. The van der Waals surface area contributed by atoms with Gasteiger partial charge in [-0.3, -0.25) is 9.59 Å². The van der Waals surface area contributed by atoms with Gasteiger partial charge in [-0.25, -0.2) is 0 Å². The van der Waals surface area contributed by atoms with Gasteiger partial charge in [-0.1, -0.05) is 69.0 Å². The van der Waals surface area contributed by atoms with Crippen LogP contribution in [-0.2, 0) is 10.7 Å². The molecule has 0 aliphatic rings. The van der Waals surface area contributed by atoms with Crippen molar-refractivity contribution in [2.75, 3.05) is 6.54 Å². The van der Waals surface area contributed by atoms with Crippen molar-refractivity contribution in [2.24, 2.45) is 0 Å². The highest BCUT2D eigenvalue weighted by atomic mass is 35.5. The molecule has 0 heterocycles. The molecule has 0 radical (unpaired) electrons. The first-order chi connectivity index (χ1) is 11.7. The summed E-state index contributed by atoms with van der Waals surface area (Å²) in [4.78, 5) is 23.7. The lowest BCUT2D eigenvalue weighted by molar-refractivity contribution is -0.116. The van der Waals surface area contributed by atoms with Gasteiger partial charge in [-0.2, -0.15) is 0 Å². The number of carbonyl (C=O) groups excluding carboxylic acids is 2. The number of halogens is 1. The van der Waals surface area contributed by atoms with Gasteiger partial charge in [0.2, 0.25) is 11.0 Å². The lowest BCUT2D eigenvalue weighted by atomic mass is 10.1. The minimum Gasteiger partial charge on any atom is -0.353 e. The number of alkyl halides is 1. The molecule has 0 saturated carbocycles. The third kappa shape index (κ3) is 9.14. The molecule has 24 heavy (non-hydrogen) atoms. The van der Waals surface area contributed by atoms with Crippen LogP contribution in [0.5, 0.6) is 0 Å². The third-order valence-corrected chi connectivity index (χ3v) is 4.57. The summed E-state index contributed by atoms with van der Waals surface area (Å²) in [5.74, 6) is 0.223. The first kappa shape index (κ1) is 20.8. The summed E-state index contributed by atoms with van der Waals surface area (Å²) < 4.78 is 0. The number of nitrogens with one attached hydrogen (secondary N) is 1. The Balaban J connectivity index is 2.21. The van der Waals surface area contributed by atoms with E-state index >= 15 is 0 Å². The Kier molecular flexibility index (Phi) is 11.3. The van der Waals surface area contributed by atoms with E-state index in [9.17, 15) is 9.59 Å². The summed E-state index contributed by atoms with van der Waals surface area (Å²) in [6, 6.07) is 7.20. The number of thioether (sulfide) groups is 1. The number of hydrogen-bond acceptors (Lipinski definition) is 3. The molecule has 1 aromatic carbocycles. The van der Waals surface area contributed by atoms with Crippen molar-refractivity contribution in [2.45, 2.75) is 51.3 Å². The molecule has 1 amide bonds. The van der Waals surface area contributed by atoms with Crippen LogP contribution in [0, 0.1) is 0 Å². The van der Waals surface area contributed by atoms with E-state index < -0.39 is 0 Å². The quantitative estimate of drug-likeness (QED) is 0.328. The highest BCUT2D eigenvalue weighted by Gasteiger charge is 2.05. The predicted molar refractivity (Wildman–Crippen MR) is 103 cm³/mol. The van der Waals surface area contributed by atoms with Crippen LogP contribution in [0.4, 0.5) is 0 Å². The van der Waals surface area contributed by atoms with Gasteiger partial charge in [-0.05, 0) is 23.5 Å². The Hall–Kier alpha value is -1.26. The third-order valence-electron chi connectivity index (χ3n) is 3.54. The van der Waals surface area contributed by atoms with Gasteiger partial charge in [0.25, 0.3) is 0 Å². The van der Waals surface area contributed by atoms with E-state index in [0.29, 0.717) is 18.0 Å². The average molecular weight is 368 g/mol. The van der Waals surface area contributed by atoms with Crippen molar-refractivity contribution in [3.8, 4) is 0 Å². The van der Waals surface area contributed by atoms with Crippen LogP contribution in [0.2, 0.25) is 0 Å². The molecule has 0 atom stereocenters. The number of amides is 1. The summed E-state index contributed by atoms with van der Waals surface area (Å²) in [7, 11) is 0. The van der Waals surface area contributed by atoms with E-state index in [2.05, 4.69) is 12.2 Å². The maximum absolute atomic E-state index is 12.0. The Labute approximate surface area is 154 Å². The summed E-state index contributed by atoms with van der Waals surface area (Å²) in [5, 5.41) is 4.28. The van der Waals surface area contributed by atoms with Crippen LogP contribution in [0.3, 0.4) is 0 Å². The maximum atomic E-state index is 12.0. The van der Waals surface area contributed by atoms with Crippen molar-refractivity contribution < 1.29 is 9.59 Å². The van der Waals surface area contributed by atoms with Crippen LogP contribution >= 0.6 is 23.4 Å². The largest absolute Gasteiger partial charge is 0.353 e. The normalized spacial score (nSPS) is 10.9. The molecule has 1 aromatic rings. The SMILES string of the molecule is CCCCCCCCNC(=O)/C=C\SC(=O)c1cccc(CCl)c1. The fourth-order valence-electron chi connectivity index (χ4n) is 2.18. The lowest BCUT2D eigenvalue weighted by Gasteiger charge is -2.02. The molecular formula is C19H26ClNO2S. The first-order valence-electron chi connectivity index (χ1n) is 8.47. The maximum Gasteiger partial charge on any atom is 0.244 e. The molecule has 1 rings (SSSR count).